The van der Waals surface area contributed by atoms with Crippen LogP contribution >= 0.6 is 34.8 Å². The fraction of sp³-hybridized carbons (Fsp3) is 0.211. The quantitative estimate of drug-likeness (QED) is 0.464. The lowest BCUT2D eigenvalue weighted by molar-refractivity contribution is -0.137. The van der Waals surface area contributed by atoms with Crippen LogP contribution in [0.3, 0.4) is 0 Å². The Labute approximate surface area is 190 Å². The van der Waals surface area contributed by atoms with Crippen LogP contribution in [-0.2, 0) is 11.0 Å². The van der Waals surface area contributed by atoms with Gasteiger partial charge in [0.1, 0.15) is 0 Å². The van der Waals surface area contributed by atoms with E-state index >= 15 is 0 Å². The first kappa shape index (κ1) is 23.2. The van der Waals surface area contributed by atoms with Gasteiger partial charge in [-0.15, -0.1) is 0 Å². The lowest BCUT2D eigenvalue weighted by atomic mass is 10.1. The number of nitrogens with one attached hydrogen (secondary N) is 1. The highest BCUT2D eigenvalue weighted by atomic mass is 35.6. The largest absolute Gasteiger partial charge is 0.418 e. The predicted molar refractivity (Wildman–Crippen MR) is 114 cm³/mol. The molecule has 1 aliphatic rings. The van der Waals surface area contributed by atoms with Crippen molar-refractivity contribution in [2.75, 3.05) is 17.3 Å². The van der Waals surface area contributed by atoms with Gasteiger partial charge in [-0.25, -0.2) is 14.7 Å². The first-order valence-electron chi connectivity index (χ1n) is 8.65. The van der Waals surface area contributed by atoms with E-state index in [4.69, 9.17) is 34.8 Å². The molecule has 0 spiro atoms. The van der Waals surface area contributed by atoms with Gasteiger partial charge in [0, 0.05) is 12.7 Å². The molecule has 2 aromatic rings. The molecule has 3 rings (SSSR count). The average Bonchev–Trinajstić information content (AvgIpc) is 2.91. The second kappa shape index (κ2) is 8.57. The van der Waals surface area contributed by atoms with Gasteiger partial charge in [-0.2, -0.15) is 13.2 Å². The number of halogens is 6. The average molecular weight is 494 g/mol. The highest BCUT2D eigenvalue weighted by Gasteiger charge is 2.44. The Hall–Kier alpha value is -2.49. The van der Waals surface area contributed by atoms with Gasteiger partial charge < -0.3 is 5.32 Å². The van der Waals surface area contributed by atoms with Gasteiger partial charge in [0.15, 0.2) is 6.17 Å². The Morgan fingerprint density at radius 1 is 0.968 bits per heavy atom. The molecule has 0 aliphatic carbocycles. The highest BCUT2D eigenvalue weighted by molar-refractivity contribution is 6.68. The van der Waals surface area contributed by atoms with Gasteiger partial charge in [-0.05, 0) is 24.3 Å². The maximum Gasteiger partial charge on any atom is 0.418 e. The number of benzene rings is 2. The van der Waals surface area contributed by atoms with Crippen LogP contribution in [0.25, 0.3) is 0 Å². The van der Waals surface area contributed by atoms with E-state index < -0.39 is 45.2 Å². The molecule has 6 nitrogen and oxygen atoms in total. The number of urea groups is 1. The molecule has 1 aliphatic heterocycles. The zero-order valence-corrected chi connectivity index (χ0v) is 18.0. The summed E-state index contributed by atoms with van der Waals surface area (Å²) in [5.74, 6) is -1.22. The van der Waals surface area contributed by atoms with E-state index in [-0.39, 0.29) is 0 Å². The van der Waals surface area contributed by atoms with Gasteiger partial charge in [0.25, 0.3) is 5.91 Å². The van der Waals surface area contributed by atoms with Crippen LogP contribution in [0.5, 0.6) is 0 Å². The number of para-hydroxylation sites is 2. The summed E-state index contributed by atoms with van der Waals surface area (Å²) in [6, 6.07) is 11.9. The van der Waals surface area contributed by atoms with Crippen LogP contribution in [0, 0.1) is 0 Å². The fourth-order valence-electron chi connectivity index (χ4n) is 2.81. The number of anilines is 2. The number of imide groups is 1. The van der Waals surface area contributed by atoms with Gasteiger partial charge in [0.05, 0.1) is 11.3 Å². The number of amidine groups is 1. The third-order valence-electron chi connectivity index (χ3n) is 4.29. The van der Waals surface area contributed by atoms with Crippen LogP contribution in [0.15, 0.2) is 59.6 Å². The molecule has 12 heteroatoms. The first-order valence-corrected chi connectivity index (χ1v) is 9.79. The molecule has 0 bridgehead atoms. The highest BCUT2D eigenvalue weighted by Crippen LogP contribution is 2.38. The first-order chi connectivity index (χ1) is 14.4. The molecule has 1 atom stereocenters. The molecule has 1 saturated heterocycles. The molecule has 2 aromatic carbocycles. The predicted octanol–water partition coefficient (Wildman–Crippen LogP) is 5.31. The number of hydrogen-bond acceptors (Lipinski definition) is 4. The summed E-state index contributed by atoms with van der Waals surface area (Å²) in [5, 5.41) is 2.43. The van der Waals surface area contributed by atoms with E-state index in [1.165, 1.54) is 19.2 Å². The standard InChI is InChI=1S/C19H14Cl3F3N4O2/c1-28-15(30)14(29(17(28)31)11-7-3-2-4-8-11)27-16(18(20,21)22)26-13-10-6-5-9-12(13)19(23,24)25/h2-10,16,26H,1H3. The maximum absolute atomic E-state index is 13.4. The van der Waals surface area contributed by atoms with Gasteiger partial charge in [-0.1, -0.05) is 65.1 Å². The number of amides is 3. The second-order valence-electron chi connectivity index (χ2n) is 6.40. The number of carbonyl (C=O) groups is 2. The summed E-state index contributed by atoms with van der Waals surface area (Å²) in [6.07, 6.45) is -6.32. The normalized spacial score (nSPS) is 17.5. The lowest BCUT2D eigenvalue weighted by Gasteiger charge is -2.26. The molecule has 3 amide bonds. The SMILES string of the molecule is CN1C(=O)C(=NC(Nc2ccccc2C(F)(F)F)C(Cl)(Cl)Cl)N(c2ccccc2)C1=O. The number of likely N-dealkylation sites (N-methyl/N-ethyl adjacent to an activating group) is 1. The molecule has 0 aromatic heterocycles. The van der Waals surface area contributed by atoms with E-state index in [1.54, 1.807) is 30.3 Å². The third-order valence-corrected chi connectivity index (χ3v) is 4.91. The number of nitrogens with zero attached hydrogens (tertiary/aromatic N) is 3. The van der Waals surface area contributed by atoms with Gasteiger partial charge in [0.2, 0.25) is 9.63 Å². The van der Waals surface area contributed by atoms with Crippen molar-refractivity contribution in [1.82, 2.24) is 4.90 Å². The summed E-state index contributed by atoms with van der Waals surface area (Å²) < 4.78 is 37.8. The van der Waals surface area contributed by atoms with Crippen molar-refractivity contribution in [2.24, 2.45) is 4.99 Å². The number of alkyl halides is 6. The Bertz CT molecular complexity index is 1030. The van der Waals surface area contributed by atoms with E-state index in [1.807, 2.05) is 0 Å². The summed E-state index contributed by atoms with van der Waals surface area (Å²) in [7, 11) is 1.24. The van der Waals surface area contributed by atoms with Crippen molar-refractivity contribution in [3.8, 4) is 0 Å². The van der Waals surface area contributed by atoms with Crippen molar-refractivity contribution in [3.63, 3.8) is 0 Å². The Kier molecular flexibility index (Phi) is 6.40. The maximum atomic E-state index is 13.4. The van der Waals surface area contributed by atoms with Crippen LogP contribution in [-0.4, -0.2) is 39.7 Å². The molecule has 1 N–H and O–H groups in total. The third kappa shape index (κ3) is 4.89. The van der Waals surface area contributed by atoms with Gasteiger partial charge >= 0.3 is 12.2 Å². The number of rotatable bonds is 4. The number of hydrogen-bond donors (Lipinski definition) is 1. The second-order valence-corrected chi connectivity index (χ2v) is 8.77. The van der Waals surface area contributed by atoms with Crippen molar-refractivity contribution in [1.29, 1.82) is 0 Å². The van der Waals surface area contributed by atoms with Crippen LogP contribution in [0.4, 0.5) is 29.3 Å². The topological polar surface area (TPSA) is 65.0 Å². The summed E-state index contributed by atoms with van der Waals surface area (Å²) >= 11 is 17.9. The zero-order valence-electron chi connectivity index (χ0n) is 15.7. The molecule has 164 valence electrons. The summed E-state index contributed by atoms with van der Waals surface area (Å²) in [5.41, 5.74) is -1.12. The molecular formula is C19H14Cl3F3N4O2. The Morgan fingerprint density at radius 3 is 2.13 bits per heavy atom. The van der Waals surface area contributed by atoms with E-state index in [2.05, 4.69) is 10.3 Å². The van der Waals surface area contributed by atoms with Crippen LogP contribution in [0.2, 0.25) is 0 Å². The van der Waals surface area contributed by atoms with Crippen molar-refractivity contribution in [3.05, 3.63) is 60.2 Å². The molecule has 1 unspecified atom stereocenters. The van der Waals surface area contributed by atoms with Gasteiger partial charge in [-0.3, -0.25) is 9.69 Å². The van der Waals surface area contributed by atoms with E-state index in [9.17, 15) is 22.8 Å². The summed E-state index contributed by atoms with van der Waals surface area (Å²) in [6.45, 7) is 0. The molecule has 0 saturated carbocycles. The zero-order chi connectivity index (χ0) is 23.0. The minimum Gasteiger partial charge on any atom is -0.360 e. The molecule has 1 heterocycles. The number of carbonyl (C=O) groups excluding carboxylic acids is 2. The fourth-order valence-corrected chi connectivity index (χ4v) is 3.12. The monoisotopic (exact) mass is 492 g/mol. The van der Waals surface area contributed by atoms with Crippen LogP contribution in [0.1, 0.15) is 5.56 Å². The molecule has 31 heavy (non-hydrogen) atoms. The van der Waals surface area contributed by atoms with E-state index in [0.29, 0.717) is 5.69 Å². The van der Waals surface area contributed by atoms with Crippen molar-refractivity contribution in [2.45, 2.75) is 16.1 Å². The number of aliphatic imine (C=N–C) groups is 1. The molecule has 0 radical (unpaired) electrons. The lowest BCUT2D eigenvalue weighted by Crippen LogP contribution is -2.38. The van der Waals surface area contributed by atoms with E-state index in [0.717, 1.165) is 21.9 Å². The minimum atomic E-state index is -4.69. The Balaban J connectivity index is 2.08. The van der Waals surface area contributed by atoms with Crippen LogP contribution < -0.4 is 10.2 Å². The molecular weight excluding hydrogens is 480 g/mol. The van der Waals surface area contributed by atoms with Crippen molar-refractivity contribution < 1.29 is 22.8 Å². The smallest absolute Gasteiger partial charge is 0.360 e. The summed E-state index contributed by atoms with van der Waals surface area (Å²) in [4.78, 5) is 31.1. The molecule has 1 fully saturated rings. The Morgan fingerprint density at radius 2 is 1.55 bits per heavy atom. The van der Waals surface area contributed by atoms with Crippen molar-refractivity contribution >= 4 is 64.0 Å². The minimum absolute atomic E-state index is 0.308.